The molecule has 0 aromatic heterocycles. The number of carbonyl (C=O) groups is 2. The number of fused-ring (bicyclic) bond motifs is 1. The highest BCUT2D eigenvalue weighted by molar-refractivity contribution is 6.40. The van der Waals surface area contributed by atoms with E-state index in [9.17, 15) is 9.59 Å². The number of imide groups is 1. The van der Waals surface area contributed by atoms with E-state index in [0.717, 1.165) is 4.90 Å². The topological polar surface area (TPSA) is 55.8 Å². The van der Waals surface area contributed by atoms with Crippen LogP contribution in [-0.2, 0) is 9.53 Å². The number of hydrogen-bond acceptors (Lipinski definition) is 4. The molecular weight excluding hydrogens is 306 g/mol. The van der Waals surface area contributed by atoms with Crippen molar-refractivity contribution < 1.29 is 19.1 Å². The lowest BCUT2D eigenvalue weighted by Gasteiger charge is -2.28. The zero-order chi connectivity index (χ0) is 17.1. The van der Waals surface area contributed by atoms with Gasteiger partial charge in [-0.15, -0.1) is 0 Å². The number of methoxy groups -OCH3 is 1. The molecule has 2 aromatic carbocycles. The second kappa shape index (κ2) is 6.58. The van der Waals surface area contributed by atoms with E-state index in [1.54, 1.807) is 55.6 Å². The summed E-state index contributed by atoms with van der Waals surface area (Å²) < 4.78 is 10.4. The van der Waals surface area contributed by atoms with Crippen LogP contribution in [-0.4, -0.2) is 25.5 Å². The van der Waals surface area contributed by atoms with E-state index in [0.29, 0.717) is 34.7 Å². The van der Waals surface area contributed by atoms with Crippen LogP contribution in [0.2, 0.25) is 0 Å². The molecule has 122 valence electrons. The molecule has 0 radical (unpaired) electrons. The van der Waals surface area contributed by atoms with E-state index >= 15 is 0 Å². The van der Waals surface area contributed by atoms with E-state index in [-0.39, 0.29) is 5.91 Å². The van der Waals surface area contributed by atoms with Gasteiger partial charge in [0.2, 0.25) is 0 Å². The van der Waals surface area contributed by atoms with Gasteiger partial charge in [-0.3, -0.25) is 9.59 Å². The van der Waals surface area contributed by atoms with Crippen molar-refractivity contribution >= 4 is 23.1 Å². The second-order valence-corrected chi connectivity index (χ2v) is 5.18. The first-order valence-electron chi connectivity index (χ1n) is 7.61. The van der Waals surface area contributed by atoms with Crippen LogP contribution in [0.15, 0.2) is 54.8 Å². The average molecular weight is 323 g/mol. The normalized spacial score (nSPS) is 15.4. The molecule has 3 rings (SSSR count). The Kier molecular flexibility index (Phi) is 4.33. The minimum atomic E-state index is -0.405. The van der Waals surface area contributed by atoms with E-state index in [1.807, 2.05) is 6.92 Å². The molecule has 0 N–H and O–H groups in total. The Morgan fingerprint density at radius 3 is 2.25 bits per heavy atom. The standard InChI is InChI=1S/C19H17NO4/c1-3-24-12-17-15-6-4-5-7-16(15)18(21)20(19(17)22)13-8-10-14(23-2)11-9-13/h4-12H,3H2,1-2H3/b17-12-. The number of amides is 2. The number of ether oxygens (including phenoxy) is 2. The van der Waals surface area contributed by atoms with E-state index in [2.05, 4.69) is 0 Å². The first-order valence-corrected chi connectivity index (χ1v) is 7.61. The molecule has 0 unspecified atom stereocenters. The fourth-order valence-electron chi connectivity index (χ4n) is 2.60. The van der Waals surface area contributed by atoms with Gasteiger partial charge in [0, 0.05) is 11.1 Å². The Labute approximate surface area is 140 Å². The third-order valence-corrected chi connectivity index (χ3v) is 3.78. The van der Waals surface area contributed by atoms with Gasteiger partial charge in [0.25, 0.3) is 11.8 Å². The Balaban J connectivity index is 2.10. The number of nitrogens with zero attached hydrogens (tertiary/aromatic N) is 1. The van der Waals surface area contributed by atoms with Crippen molar-refractivity contribution in [1.29, 1.82) is 0 Å². The van der Waals surface area contributed by atoms with Crippen molar-refractivity contribution in [3.05, 3.63) is 65.9 Å². The van der Waals surface area contributed by atoms with Crippen LogP contribution in [0, 0.1) is 0 Å². The third kappa shape index (κ3) is 2.65. The van der Waals surface area contributed by atoms with Gasteiger partial charge >= 0.3 is 0 Å². The lowest BCUT2D eigenvalue weighted by molar-refractivity contribution is -0.113. The molecule has 1 aliphatic heterocycles. The van der Waals surface area contributed by atoms with Gasteiger partial charge in [0.15, 0.2) is 0 Å². The van der Waals surface area contributed by atoms with Crippen molar-refractivity contribution in [3.8, 4) is 5.75 Å². The number of carbonyl (C=O) groups excluding carboxylic acids is 2. The van der Waals surface area contributed by atoms with E-state index in [1.165, 1.54) is 6.26 Å². The molecule has 0 saturated heterocycles. The van der Waals surface area contributed by atoms with Gasteiger partial charge in [-0.2, -0.15) is 0 Å². The van der Waals surface area contributed by atoms with Crippen LogP contribution in [0.1, 0.15) is 22.8 Å². The maximum Gasteiger partial charge on any atom is 0.269 e. The summed E-state index contributed by atoms with van der Waals surface area (Å²) >= 11 is 0. The molecular formula is C19H17NO4. The average Bonchev–Trinajstić information content (AvgIpc) is 2.62. The third-order valence-electron chi connectivity index (χ3n) is 3.78. The van der Waals surface area contributed by atoms with Crippen LogP contribution in [0.5, 0.6) is 5.75 Å². The maximum atomic E-state index is 12.9. The summed E-state index contributed by atoms with van der Waals surface area (Å²) in [4.78, 5) is 26.9. The quantitative estimate of drug-likeness (QED) is 0.492. The van der Waals surface area contributed by atoms with Crippen molar-refractivity contribution in [1.82, 2.24) is 0 Å². The number of anilines is 1. The fourth-order valence-corrected chi connectivity index (χ4v) is 2.60. The molecule has 24 heavy (non-hydrogen) atoms. The number of rotatable bonds is 4. The molecule has 2 amide bonds. The van der Waals surface area contributed by atoms with E-state index in [4.69, 9.17) is 9.47 Å². The zero-order valence-electron chi connectivity index (χ0n) is 13.5. The van der Waals surface area contributed by atoms with E-state index < -0.39 is 5.91 Å². The molecule has 5 nitrogen and oxygen atoms in total. The molecule has 1 heterocycles. The van der Waals surface area contributed by atoms with Gasteiger partial charge in [-0.25, -0.2) is 4.90 Å². The molecule has 2 aromatic rings. The van der Waals surface area contributed by atoms with Gasteiger partial charge in [-0.05, 0) is 37.3 Å². The molecule has 1 aliphatic rings. The zero-order valence-corrected chi connectivity index (χ0v) is 13.5. The lowest BCUT2D eigenvalue weighted by Crippen LogP contribution is -2.41. The fraction of sp³-hybridized carbons (Fsp3) is 0.158. The van der Waals surface area contributed by atoms with Crippen LogP contribution in [0.3, 0.4) is 0 Å². The van der Waals surface area contributed by atoms with Gasteiger partial charge < -0.3 is 9.47 Å². The minimum absolute atomic E-state index is 0.352. The summed E-state index contributed by atoms with van der Waals surface area (Å²) in [6.45, 7) is 2.28. The van der Waals surface area contributed by atoms with Crippen molar-refractivity contribution in [2.24, 2.45) is 0 Å². The molecule has 0 spiro atoms. The van der Waals surface area contributed by atoms with Gasteiger partial charge in [0.1, 0.15) is 5.75 Å². The smallest absolute Gasteiger partial charge is 0.269 e. The summed E-state index contributed by atoms with van der Waals surface area (Å²) in [5.74, 6) is -0.104. The molecule has 5 heteroatoms. The maximum absolute atomic E-state index is 12.9. The monoisotopic (exact) mass is 323 g/mol. The predicted molar refractivity (Wildman–Crippen MR) is 90.9 cm³/mol. The highest BCUT2D eigenvalue weighted by Crippen LogP contribution is 2.32. The van der Waals surface area contributed by atoms with Crippen molar-refractivity contribution in [3.63, 3.8) is 0 Å². The number of hydrogen-bond donors (Lipinski definition) is 0. The Morgan fingerprint density at radius 1 is 0.958 bits per heavy atom. The molecule has 0 aliphatic carbocycles. The Hall–Kier alpha value is -3.08. The summed E-state index contributed by atoms with van der Waals surface area (Å²) in [5.41, 5.74) is 1.91. The molecule has 0 fully saturated rings. The van der Waals surface area contributed by atoms with Crippen molar-refractivity contribution in [2.45, 2.75) is 6.92 Å². The molecule has 0 saturated carbocycles. The molecule has 0 bridgehead atoms. The van der Waals surface area contributed by atoms with Crippen LogP contribution < -0.4 is 9.64 Å². The summed E-state index contributed by atoms with van der Waals surface area (Å²) in [6, 6.07) is 13.8. The van der Waals surface area contributed by atoms with Gasteiger partial charge in [0.05, 0.1) is 31.2 Å². The minimum Gasteiger partial charge on any atom is -0.501 e. The highest BCUT2D eigenvalue weighted by Gasteiger charge is 2.36. The Morgan fingerprint density at radius 2 is 1.62 bits per heavy atom. The summed E-state index contributed by atoms with van der Waals surface area (Å²) in [7, 11) is 1.56. The second-order valence-electron chi connectivity index (χ2n) is 5.18. The first kappa shape index (κ1) is 15.8. The summed E-state index contributed by atoms with van der Waals surface area (Å²) in [6.07, 6.45) is 1.42. The van der Waals surface area contributed by atoms with Crippen LogP contribution in [0.4, 0.5) is 5.69 Å². The lowest BCUT2D eigenvalue weighted by atomic mass is 9.94. The van der Waals surface area contributed by atoms with Crippen LogP contribution >= 0.6 is 0 Å². The number of benzene rings is 2. The summed E-state index contributed by atoms with van der Waals surface area (Å²) in [5, 5.41) is 0. The Bertz CT molecular complexity index is 808. The highest BCUT2D eigenvalue weighted by atomic mass is 16.5. The van der Waals surface area contributed by atoms with Gasteiger partial charge in [-0.1, -0.05) is 18.2 Å². The van der Waals surface area contributed by atoms with Crippen LogP contribution in [0.25, 0.3) is 5.57 Å². The first-order chi connectivity index (χ1) is 11.7. The predicted octanol–water partition coefficient (Wildman–Crippen LogP) is 3.26. The largest absolute Gasteiger partial charge is 0.501 e. The van der Waals surface area contributed by atoms with Crippen molar-refractivity contribution in [2.75, 3.05) is 18.6 Å². The molecule has 0 atom stereocenters. The SMILES string of the molecule is CCO/C=C1\C(=O)N(c2ccc(OC)cc2)C(=O)c2ccccc21.